The van der Waals surface area contributed by atoms with Crippen LogP contribution in [0.2, 0.25) is 0 Å². The fraction of sp³-hybridized carbons (Fsp3) is 0.389. The topological polar surface area (TPSA) is 70.7 Å². The lowest BCUT2D eigenvalue weighted by molar-refractivity contribution is -0.121. The van der Waals surface area contributed by atoms with Gasteiger partial charge in [-0.15, -0.1) is 11.3 Å². The molecule has 3 aromatic rings. The number of aromatic amines is 1. The first-order chi connectivity index (χ1) is 11.6. The third kappa shape index (κ3) is 3.64. The summed E-state index contributed by atoms with van der Waals surface area (Å²) in [5.41, 5.74) is 5.98. The van der Waals surface area contributed by atoms with Gasteiger partial charge in [-0.05, 0) is 44.4 Å². The fourth-order valence-electron chi connectivity index (χ4n) is 2.73. The molecule has 5 nitrogen and oxygen atoms in total. The molecule has 0 aliphatic rings. The molecule has 2 N–H and O–H groups in total. The molecule has 1 aromatic carbocycles. The molecule has 0 spiro atoms. The number of H-pyrrole nitrogens is 1. The summed E-state index contributed by atoms with van der Waals surface area (Å²) in [6, 6.07) is 6.04. The summed E-state index contributed by atoms with van der Waals surface area (Å²) in [4.78, 5) is 25.7. The molecule has 2 aromatic heterocycles. The minimum Gasteiger partial charge on any atom is -0.346 e. The summed E-state index contributed by atoms with van der Waals surface area (Å²) in [7, 11) is 0. The third-order valence-corrected chi connectivity index (χ3v) is 5.15. The van der Waals surface area contributed by atoms with E-state index in [9.17, 15) is 4.79 Å². The lowest BCUT2D eigenvalue weighted by Crippen LogP contribution is -2.29. The number of fused-ring (bicyclic) bond motifs is 1. The molecule has 0 radical (unpaired) electrons. The van der Waals surface area contributed by atoms with Crippen LogP contribution < -0.4 is 5.32 Å². The molecule has 6 heteroatoms. The molecular formula is C18H22N4OS. The zero-order valence-electron chi connectivity index (χ0n) is 14.2. The molecule has 2 heterocycles. The zero-order chi connectivity index (χ0) is 17.1. The van der Waals surface area contributed by atoms with Crippen LogP contribution in [0.15, 0.2) is 23.7 Å². The Balaban J connectivity index is 1.66. The van der Waals surface area contributed by atoms with Gasteiger partial charge in [-0.3, -0.25) is 4.79 Å². The molecule has 0 aliphatic carbocycles. The minimum atomic E-state index is -0.0900. The molecule has 0 saturated heterocycles. The molecule has 0 saturated carbocycles. The van der Waals surface area contributed by atoms with Crippen molar-refractivity contribution in [3.05, 3.63) is 45.7 Å². The van der Waals surface area contributed by atoms with Crippen molar-refractivity contribution in [3.63, 3.8) is 0 Å². The normalized spacial score (nSPS) is 12.5. The number of aromatic nitrogens is 3. The first-order valence-corrected chi connectivity index (χ1v) is 9.09. The Morgan fingerprint density at radius 1 is 1.38 bits per heavy atom. The number of aryl methyl sites for hydroxylation is 3. The fourth-order valence-corrected chi connectivity index (χ4v) is 3.51. The van der Waals surface area contributed by atoms with Crippen LogP contribution in [0.25, 0.3) is 11.0 Å². The van der Waals surface area contributed by atoms with E-state index in [-0.39, 0.29) is 11.9 Å². The monoisotopic (exact) mass is 342 g/mol. The highest BCUT2D eigenvalue weighted by atomic mass is 32.1. The summed E-state index contributed by atoms with van der Waals surface area (Å²) in [5, 5.41) is 3.09. The predicted octanol–water partition coefficient (Wildman–Crippen LogP) is 3.84. The predicted molar refractivity (Wildman–Crippen MR) is 97.2 cm³/mol. The quantitative estimate of drug-likeness (QED) is 0.715. The summed E-state index contributed by atoms with van der Waals surface area (Å²) < 4.78 is 0. The average molecular weight is 342 g/mol. The van der Waals surface area contributed by atoms with Crippen LogP contribution in [-0.2, 0) is 11.2 Å². The Hall–Kier alpha value is -2.21. The highest BCUT2D eigenvalue weighted by Crippen LogP contribution is 2.20. The van der Waals surface area contributed by atoms with Gasteiger partial charge in [0.2, 0.25) is 5.91 Å². The molecule has 0 aliphatic heterocycles. The Labute approximate surface area is 145 Å². The van der Waals surface area contributed by atoms with Crippen LogP contribution in [0.4, 0.5) is 0 Å². The van der Waals surface area contributed by atoms with E-state index in [2.05, 4.69) is 40.2 Å². The number of hydrogen-bond donors (Lipinski definition) is 2. The third-order valence-electron chi connectivity index (χ3n) is 4.15. The average Bonchev–Trinajstić information content (AvgIpc) is 3.16. The van der Waals surface area contributed by atoms with Crippen molar-refractivity contribution in [2.45, 2.75) is 46.1 Å². The van der Waals surface area contributed by atoms with E-state index in [4.69, 9.17) is 0 Å². The maximum atomic E-state index is 12.3. The minimum absolute atomic E-state index is 0.0475. The summed E-state index contributed by atoms with van der Waals surface area (Å²) in [5.74, 6) is 0.867. The first-order valence-electron chi connectivity index (χ1n) is 8.21. The van der Waals surface area contributed by atoms with Crippen molar-refractivity contribution in [2.24, 2.45) is 0 Å². The van der Waals surface area contributed by atoms with E-state index < -0.39 is 0 Å². The van der Waals surface area contributed by atoms with Crippen LogP contribution in [-0.4, -0.2) is 20.9 Å². The lowest BCUT2D eigenvalue weighted by atomic mass is 10.2. The lowest BCUT2D eigenvalue weighted by Gasteiger charge is -2.14. The van der Waals surface area contributed by atoms with Crippen LogP contribution >= 0.6 is 11.3 Å². The van der Waals surface area contributed by atoms with E-state index >= 15 is 0 Å². The molecular weight excluding hydrogens is 320 g/mol. The second kappa shape index (κ2) is 7.13. The van der Waals surface area contributed by atoms with Gasteiger partial charge in [-0.1, -0.05) is 13.0 Å². The SMILES string of the molecule is CCC(NC(=O)CCc1scnc1C)c1nc2ccc(C)cc2[nH]1. The number of rotatable bonds is 6. The van der Waals surface area contributed by atoms with Crippen molar-refractivity contribution in [3.8, 4) is 0 Å². The maximum absolute atomic E-state index is 12.3. The summed E-state index contributed by atoms with van der Waals surface area (Å²) >= 11 is 1.61. The maximum Gasteiger partial charge on any atom is 0.220 e. The number of nitrogens with zero attached hydrogens (tertiary/aromatic N) is 2. The number of imidazole rings is 1. The first kappa shape index (κ1) is 16.6. The number of carbonyl (C=O) groups excluding carboxylic acids is 1. The second-order valence-electron chi connectivity index (χ2n) is 6.03. The van der Waals surface area contributed by atoms with Gasteiger partial charge in [-0.2, -0.15) is 0 Å². The molecule has 24 heavy (non-hydrogen) atoms. The van der Waals surface area contributed by atoms with Gasteiger partial charge in [0.05, 0.1) is 28.3 Å². The number of hydrogen-bond acceptors (Lipinski definition) is 4. The zero-order valence-corrected chi connectivity index (χ0v) is 15.0. The van der Waals surface area contributed by atoms with E-state index in [1.807, 2.05) is 24.6 Å². The van der Waals surface area contributed by atoms with E-state index in [1.165, 1.54) is 10.4 Å². The number of benzene rings is 1. The molecule has 0 fully saturated rings. The standard InChI is InChI=1S/C18H22N4OS/c1-4-13(18-21-14-6-5-11(2)9-15(14)22-18)20-17(23)8-7-16-12(3)19-10-24-16/h5-6,9-10,13H,4,7-8H2,1-3H3,(H,20,23)(H,21,22). The van der Waals surface area contributed by atoms with Gasteiger partial charge >= 0.3 is 0 Å². The van der Waals surface area contributed by atoms with Crippen molar-refractivity contribution in [1.82, 2.24) is 20.3 Å². The number of nitrogens with one attached hydrogen (secondary N) is 2. The van der Waals surface area contributed by atoms with Gasteiger partial charge in [0, 0.05) is 11.3 Å². The molecule has 1 atom stereocenters. The Bertz CT molecular complexity index is 852. The Morgan fingerprint density at radius 3 is 2.92 bits per heavy atom. The summed E-state index contributed by atoms with van der Waals surface area (Å²) in [6.45, 7) is 6.09. The number of thiazole rings is 1. The molecule has 126 valence electrons. The number of carbonyl (C=O) groups is 1. The Morgan fingerprint density at radius 2 is 2.21 bits per heavy atom. The van der Waals surface area contributed by atoms with E-state index in [0.29, 0.717) is 6.42 Å². The van der Waals surface area contributed by atoms with Gasteiger partial charge in [0.1, 0.15) is 5.82 Å². The van der Waals surface area contributed by atoms with Crippen LogP contribution in [0, 0.1) is 13.8 Å². The van der Waals surface area contributed by atoms with Crippen LogP contribution in [0.3, 0.4) is 0 Å². The van der Waals surface area contributed by atoms with Gasteiger partial charge < -0.3 is 10.3 Å². The highest BCUT2D eigenvalue weighted by Gasteiger charge is 2.17. The largest absolute Gasteiger partial charge is 0.346 e. The number of amides is 1. The van der Waals surface area contributed by atoms with Gasteiger partial charge in [-0.25, -0.2) is 9.97 Å². The summed E-state index contributed by atoms with van der Waals surface area (Å²) in [6.07, 6.45) is 2.00. The van der Waals surface area contributed by atoms with E-state index in [1.54, 1.807) is 11.3 Å². The molecule has 1 unspecified atom stereocenters. The van der Waals surface area contributed by atoms with Crippen molar-refractivity contribution < 1.29 is 4.79 Å². The molecule has 1 amide bonds. The molecule has 0 bridgehead atoms. The van der Waals surface area contributed by atoms with Crippen LogP contribution in [0.5, 0.6) is 0 Å². The Kier molecular flexibility index (Phi) is 4.94. The molecule has 3 rings (SSSR count). The van der Waals surface area contributed by atoms with Gasteiger partial charge in [0.25, 0.3) is 0 Å². The second-order valence-corrected chi connectivity index (χ2v) is 6.97. The van der Waals surface area contributed by atoms with Crippen molar-refractivity contribution in [2.75, 3.05) is 0 Å². The highest BCUT2D eigenvalue weighted by molar-refractivity contribution is 7.09. The van der Waals surface area contributed by atoms with Crippen LogP contribution in [0.1, 0.15) is 47.8 Å². The van der Waals surface area contributed by atoms with Crippen molar-refractivity contribution in [1.29, 1.82) is 0 Å². The van der Waals surface area contributed by atoms with E-state index in [0.717, 1.165) is 35.4 Å². The van der Waals surface area contributed by atoms with Gasteiger partial charge in [0.15, 0.2) is 0 Å². The smallest absolute Gasteiger partial charge is 0.220 e. The van der Waals surface area contributed by atoms with Crippen molar-refractivity contribution >= 4 is 28.3 Å².